The zero-order valence-electron chi connectivity index (χ0n) is 65.1. The maximum atomic E-state index is 13.1. The van der Waals surface area contributed by atoms with Gasteiger partial charge in [-0.05, 0) is 49.4 Å². The second-order valence-electron chi connectivity index (χ2n) is 30.7. The van der Waals surface area contributed by atoms with Gasteiger partial charge in [0.25, 0.3) is 0 Å². The normalized spacial score (nSPS) is 14.1. The van der Waals surface area contributed by atoms with Gasteiger partial charge in [0.2, 0.25) is 0 Å². The first-order valence-corrected chi connectivity index (χ1v) is 44.2. The fraction of sp³-hybridized carbons (Fsp3) is 0.950. The fourth-order valence-electron chi connectivity index (χ4n) is 12.3. The lowest BCUT2D eigenvalue weighted by atomic mass is 10.0. The van der Waals surface area contributed by atoms with Gasteiger partial charge in [0.15, 0.2) is 12.2 Å². The van der Waals surface area contributed by atoms with Crippen molar-refractivity contribution >= 4 is 39.5 Å². The maximum absolute atomic E-state index is 13.1. The van der Waals surface area contributed by atoms with Gasteiger partial charge in [0, 0.05) is 25.7 Å². The van der Waals surface area contributed by atoms with Gasteiger partial charge < -0.3 is 33.8 Å². The number of unbranched alkanes of at least 4 members (excludes halogenated alkanes) is 43. The van der Waals surface area contributed by atoms with Crippen LogP contribution in [0, 0.1) is 23.7 Å². The molecule has 0 fully saturated rings. The highest BCUT2D eigenvalue weighted by atomic mass is 31.2. The Hall–Kier alpha value is -1.94. The lowest BCUT2D eigenvalue weighted by molar-refractivity contribution is -0.161. The Morgan fingerprint density at radius 1 is 0.253 bits per heavy atom. The van der Waals surface area contributed by atoms with Crippen molar-refractivity contribution in [3.05, 3.63) is 0 Å². The van der Waals surface area contributed by atoms with Crippen molar-refractivity contribution in [2.75, 3.05) is 39.6 Å². The molecule has 0 rings (SSSR count). The summed E-state index contributed by atoms with van der Waals surface area (Å²) in [4.78, 5) is 72.9. The standard InChI is InChI=1S/C80H156O17P2/c1-70(2)56-48-40-32-25-21-17-13-11-9-10-12-14-19-23-27-36-44-52-60-77(82)90-66-75(96-79(84)62-54-46-37-28-24-20-16-15-18-22-26-33-41-49-57-71(3)4)68-94-98(86,87)92-64-74(81)65-93-99(88,89)95-69-76(67-91-78(83)61-53-45-39-31-35-43-51-59-73(7)8)97-80(85)63-55-47-38-30-29-34-42-50-58-72(5)6/h70-76,81H,9-69H2,1-8H3,(H,86,87)(H,88,89)/t74?,75-,76-/m1/s1. The molecule has 5 atom stereocenters. The summed E-state index contributed by atoms with van der Waals surface area (Å²) in [6.07, 6.45) is 55.8. The molecule has 17 nitrogen and oxygen atoms in total. The monoisotopic (exact) mass is 1450 g/mol. The molecule has 0 aromatic carbocycles. The summed E-state index contributed by atoms with van der Waals surface area (Å²) in [5.74, 6) is 0.923. The number of carbonyl (C=O) groups excluding carboxylic acids is 4. The number of aliphatic hydroxyl groups is 1. The molecule has 0 heterocycles. The molecular weight excluding hydrogens is 1290 g/mol. The predicted molar refractivity (Wildman–Crippen MR) is 404 cm³/mol. The average molecular weight is 1450 g/mol. The zero-order valence-corrected chi connectivity index (χ0v) is 66.9. The van der Waals surface area contributed by atoms with E-state index in [1.54, 1.807) is 0 Å². The minimum absolute atomic E-state index is 0.104. The lowest BCUT2D eigenvalue weighted by Crippen LogP contribution is -2.30. The predicted octanol–water partition coefficient (Wildman–Crippen LogP) is 23.6. The van der Waals surface area contributed by atoms with Crippen LogP contribution in [0.4, 0.5) is 0 Å². The van der Waals surface area contributed by atoms with E-state index in [1.165, 1.54) is 205 Å². The molecule has 3 N–H and O–H groups in total. The second-order valence-corrected chi connectivity index (χ2v) is 33.6. The van der Waals surface area contributed by atoms with Crippen molar-refractivity contribution < 1.29 is 80.2 Å². The van der Waals surface area contributed by atoms with Gasteiger partial charge >= 0.3 is 39.5 Å². The van der Waals surface area contributed by atoms with Crippen molar-refractivity contribution in [1.29, 1.82) is 0 Å². The Kier molecular flexibility index (Phi) is 67.8. The van der Waals surface area contributed by atoms with Crippen LogP contribution in [0.2, 0.25) is 0 Å². The van der Waals surface area contributed by atoms with Crippen molar-refractivity contribution in [1.82, 2.24) is 0 Å². The van der Waals surface area contributed by atoms with Crippen LogP contribution in [0.25, 0.3) is 0 Å². The molecule has 0 saturated heterocycles. The van der Waals surface area contributed by atoms with Crippen LogP contribution in [-0.2, 0) is 65.4 Å². The number of ether oxygens (including phenoxy) is 4. The van der Waals surface area contributed by atoms with Gasteiger partial charge in [-0.2, -0.15) is 0 Å². The largest absolute Gasteiger partial charge is 0.472 e. The van der Waals surface area contributed by atoms with E-state index in [0.717, 1.165) is 114 Å². The van der Waals surface area contributed by atoms with E-state index in [4.69, 9.17) is 37.0 Å². The molecule has 0 aromatic rings. The molecule has 0 aliphatic heterocycles. The van der Waals surface area contributed by atoms with Crippen molar-refractivity contribution in [2.24, 2.45) is 23.7 Å². The number of rotatable bonds is 77. The molecule has 99 heavy (non-hydrogen) atoms. The first-order chi connectivity index (χ1) is 47.6. The zero-order chi connectivity index (χ0) is 73.1. The first kappa shape index (κ1) is 97.1. The highest BCUT2D eigenvalue weighted by Gasteiger charge is 2.30. The van der Waals surface area contributed by atoms with Crippen LogP contribution in [0.5, 0.6) is 0 Å². The number of hydrogen-bond acceptors (Lipinski definition) is 15. The Morgan fingerprint density at radius 2 is 0.424 bits per heavy atom. The molecule has 0 aromatic heterocycles. The third kappa shape index (κ3) is 74.1. The van der Waals surface area contributed by atoms with E-state index in [0.29, 0.717) is 31.6 Å². The van der Waals surface area contributed by atoms with Crippen LogP contribution < -0.4 is 0 Å². The van der Waals surface area contributed by atoms with Crippen molar-refractivity contribution in [2.45, 2.75) is 427 Å². The third-order valence-electron chi connectivity index (χ3n) is 18.6. The number of carbonyl (C=O) groups is 4. The fourth-order valence-corrected chi connectivity index (χ4v) is 13.8. The maximum Gasteiger partial charge on any atom is 0.472 e. The highest BCUT2D eigenvalue weighted by Crippen LogP contribution is 2.45. The van der Waals surface area contributed by atoms with Crippen LogP contribution in [0.15, 0.2) is 0 Å². The second kappa shape index (κ2) is 69.1. The summed E-state index contributed by atoms with van der Waals surface area (Å²) < 4.78 is 68.6. The third-order valence-corrected chi connectivity index (χ3v) is 20.5. The van der Waals surface area contributed by atoms with E-state index in [1.807, 2.05) is 0 Å². The van der Waals surface area contributed by atoms with E-state index in [9.17, 15) is 43.2 Å². The Morgan fingerprint density at radius 3 is 0.626 bits per heavy atom. The number of phosphoric ester groups is 2. The molecule has 0 amide bonds. The Balaban J connectivity index is 5.20. The summed E-state index contributed by atoms with van der Waals surface area (Å²) in [7, 11) is -9.92. The smallest absolute Gasteiger partial charge is 0.462 e. The number of aliphatic hydroxyl groups excluding tert-OH is 1. The Bertz CT molecular complexity index is 1940. The van der Waals surface area contributed by atoms with Crippen molar-refractivity contribution in [3.63, 3.8) is 0 Å². The van der Waals surface area contributed by atoms with Gasteiger partial charge in [-0.25, -0.2) is 9.13 Å². The molecule has 0 saturated carbocycles. The van der Waals surface area contributed by atoms with E-state index in [-0.39, 0.29) is 25.7 Å². The summed E-state index contributed by atoms with van der Waals surface area (Å²) in [6, 6.07) is 0. The molecular formula is C80H156O17P2. The SMILES string of the molecule is CC(C)CCCCCCCCCCCCCCCCCCCCC(=O)OC[C@H](COP(=O)(O)OCC(O)COP(=O)(O)OC[C@@H](COC(=O)CCCCCCCCCC(C)C)OC(=O)CCCCCCCCCCC(C)C)OC(=O)CCCCCCCCCCCCCCCCC(C)C. The molecule has 3 unspecified atom stereocenters. The van der Waals surface area contributed by atoms with E-state index in [2.05, 4.69) is 55.4 Å². The van der Waals surface area contributed by atoms with Crippen molar-refractivity contribution in [3.8, 4) is 0 Å². The van der Waals surface area contributed by atoms with Gasteiger partial charge in [-0.1, -0.05) is 357 Å². The van der Waals surface area contributed by atoms with Crippen LogP contribution in [0.1, 0.15) is 409 Å². The number of phosphoric acid groups is 2. The summed E-state index contributed by atoms with van der Waals surface area (Å²) in [6.45, 7) is 14.2. The topological polar surface area (TPSA) is 237 Å². The first-order valence-electron chi connectivity index (χ1n) is 41.2. The van der Waals surface area contributed by atoms with Gasteiger partial charge in [-0.3, -0.25) is 37.3 Å². The molecule has 0 aliphatic carbocycles. The van der Waals surface area contributed by atoms with Crippen LogP contribution in [0.3, 0.4) is 0 Å². The number of hydrogen-bond donors (Lipinski definition) is 3. The molecule has 0 bridgehead atoms. The van der Waals surface area contributed by atoms with Crippen LogP contribution in [-0.4, -0.2) is 96.7 Å². The van der Waals surface area contributed by atoms with E-state index >= 15 is 0 Å². The highest BCUT2D eigenvalue weighted by molar-refractivity contribution is 7.47. The molecule has 0 spiro atoms. The molecule has 0 radical (unpaired) electrons. The Labute approximate surface area is 607 Å². The molecule has 19 heteroatoms. The van der Waals surface area contributed by atoms with Gasteiger partial charge in [0.1, 0.15) is 19.3 Å². The minimum atomic E-state index is -4.96. The summed E-state index contributed by atoms with van der Waals surface area (Å²) in [5, 5.41) is 10.6. The summed E-state index contributed by atoms with van der Waals surface area (Å²) >= 11 is 0. The quantitative estimate of drug-likeness (QED) is 0.0222. The average Bonchev–Trinajstić information content (AvgIpc) is 0.998. The van der Waals surface area contributed by atoms with Gasteiger partial charge in [-0.15, -0.1) is 0 Å². The van der Waals surface area contributed by atoms with Crippen LogP contribution >= 0.6 is 15.6 Å². The lowest BCUT2D eigenvalue weighted by Gasteiger charge is -2.21. The molecule has 0 aliphatic rings. The van der Waals surface area contributed by atoms with Gasteiger partial charge in [0.05, 0.1) is 26.4 Å². The minimum Gasteiger partial charge on any atom is -0.462 e. The van der Waals surface area contributed by atoms with E-state index < -0.39 is 97.5 Å². The molecule has 588 valence electrons. The summed E-state index contributed by atoms with van der Waals surface area (Å²) in [5.41, 5.74) is 0. The number of esters is 4.